The van der Waals surface area contributed by atoms with E-state index in [9.17, 15) is 4.79 Å². The molecule has 6 heteroatoms. The van der Waals surface area contributed by atoms with E-state index < -0.39 is 0 Å². The summed E-state index contributed by atoms with van der Waals surface area (Å²) in [7, 11) is 0. The number of likely N-dealkylation sites (tertiary alicyclic amines) is 2. The van der Waals surface area contributed by atoms with Crippen molar-refractivity contribution in [3.05, 3.63) is 0 Å². The van der Waals surface area contributed by atoms with Crippen molar-refractivity contribution in [1.82, 2.24) is 15.1 Å². The van der Waals surface area contributed by atoms with Gasteiger partial charge in [0.2, 0.25) is 5.91 Å². The molecular formula is C15H29Cl2N3O. The highest BCUT2D eigenvalue weighted by atomic mass is 35.5. The molecule has 3 saturated heterocycles. The molecule has 4 nitrogen and oxygen atoms in total. The van der Waals surface area contributed by atoms with Crippen LogP contribution in [0.4, 0.5) is 0 Å². The average Bonchev–Trinajstić information content (AvgIpc) is 2.96. The first kappa shape index (κ1) is 19.0. The van der Waals surface area contributed by atoms with Gasteiger partial charge in [-0.2, -0.15) is 0 Å². The normalized spacial score (nSPS) is 32.2. The Bertz CT molecular complexity index is 343. The third-order valence-electron chi connectivity index (χ3n) is 4.99. The highest BCUT2D eigenvalue weighted by Crippen LogP contribution is 2.24. The first-order valence-corrected chi connectivity index (χ1v) is 8.07. The molecule has 21 heavy (non-hydrogen) atoms. The lowest BCUT2D eigenvalue weighted by Crippen LogP contribution is -2.48. The number of hydrogen-bond donors (Lipinski definition) is 1. The second-order valence-electron chi connectivity index (χ2n) is 6.40. The molecule has 3 aliphatic rings. The van der Waals surface area contributed by atoms with Gasteiger partial charge in [-0.05, 0) is 51.6 Å². The van der Waals surface area contributed by atoms with Crippen molar-refractivity contribution in [2.45, 2.75) is 63.6 Å². The predicted octanol–water partition coefficient (Wildman–Crippen LogP) is 2.06. The van der Waals surface area contributed by atoms with Crippen LogP contribution < -0.4 is 5.32 Å². The third-order valence-corrected chi connectivity index (χ3v) is 4.99. The number of nitrogens with zero attached hydrogens (tertiary/aromatic N) is 2. The Balaban J connectivity index is 0.00000110. The molecule has 0 aromatic heterocycles. The van der Waals surface area contributed by atoms with Gasteiger partial charge in [0.1, 0.15) is 0 Å². The van der Waals surface area contributed by atoms with Gasteiger partial charge in [-0.3, -0.25) is 9.69 Å². The summed E-state index contributed by atoms with van der Waals surface area (Å²) in [6, 6.07) is 1.40. The Kier molecular flexibility index (Phi) is 7.75. The van der Waals surface area contributed by atoms with E-state index in [1.165, 1.54) is 19.3 Å². The Hall–Kier alpha value is -0.0300. The van der Waals surface area contributed by atoms with Crippen LogP contribution >= 0.6 is 24.8 Å². The zero-order valence-electron chi connectivity index (χ0n) is 12.9. The Morgan fingerprint density at radius 2 is 1.86 bits per heavy atom. The van der Waals surface area contributed by atoms with E-state index in [4.69, 9.17) is 0 Å². The number of nitrogens with one attached hydrogen (secondary N) is 1. The van der Waals surface area contributed by atoms with Gasteiger partial charge in [-0.25, -0.2) is 0 Å². The number of amides is 1. The first-order chi connectivity index (χ1) is 9.28. The van der Waals surface area contributed by atoms with Crippen LogP contribution in [-0.4, -0.2) is 60.0 Å². The second-order valence-corrected chi connectivity index (χ2v) is 6.40. The molecule has 3 rings (SSSR count). The summed E-state index contributed by atoms with van der Waals surface area (Å²) >= 11 is 0. The minimum absolute atomic E-state index is 0. The Labute approximate surface area is 140 Å². The molecule has 3 unspecified atom stereocenters. The Morgan fingerprint density at radius 3 is 2.62 bits per heavy atom. The monoisotopic (exact) mass is 337 g/mol. The van der Waals surface area contributed by atoms with Crippen LogP contribution in [-0.2, 0) is 4.79 Å². The summed E-state index contributed by atoms with van der Waals surface area (Å²) in [5, 5.41) is 3.66. The number of hydrogen-bond acceptors (Lipinski definition) is 3. The van der Waals surface area contributed by atoms with Crippen LogP contribution in [0.2, 0.25) is 0 Å². The summed E-state index contributed by atoms with van der Waals surface area (Å²) in [4.78, 5) is 17.3. The maximum absolute atomic E-state index is 12.8. The van der Waals surface area contributed by atoms with Crippen LogP contribution in [0, 0.1) is 0 Å². The highest BCUT2D eigenvalue weighted by Gasteiger charge is 2.36. The van der Waals surface area contributed by atoms with Crippen LogP contribution in [0.15, 0.2) is 0 Å². The minimum atomic E-state index is 0. The van der Waals surface area contributed by atoms with E-state index in [-0.39, 0.29) is 30.9 Å². The zero-order valence-corrected chi connectivity index (χ0v) is 14.6. The van der Waals surface area contributed by atoms with Crippen molar-refractivity contribution < 1.29 is 4.79 Å². The molecule has 1 N–H and O–H groups in total. The molecule has 2 bridgehead atoms. The third kappa shape index (κ3) is 4.25. The van der Waals surface area contributed by atoms with Gasteiger partial charge in [0.15, 0.2) is 0 Å². The predicted molar refractivity (Wildman–Crippen MR) is 90.5 cm³/mol. The van der Waals surface area contributed by atoms with Gasteiger partial charge in [0.05, 0.1) is 6.04 Å². The molecule has 0 aromatic carbocycles. The SMILES string of the molecule is CCCN1CCCC1C(=O)N1CCC2CCC(C1)N2.Cl.Cl. The van der Waals surface area contributed by atoms with E-state index >= 15 is 0 Å². The van der Waals surface area contributed by atoms with Crippen LogP contribution in [0.5, 0.6) is 0 Å². The molecule has 3 atom stereocenters. The van der Waals surface area contributed by atoms with Gasteiger partial charge in [0.25, 0.3) is 0 Å². The topological polar surface area (TPSA) is 35.6 Å². The van der Waals surface area contributed by atoms with Crippen LogP contribution in [0.3, 0.4) is 0 Å². The number of rotatable bonds is 3. The highest BCUT2D eigenvalue weighted by molar-refractivity contribution is 5.85. The van der Waals surface area contributed by atoms with Crippen LogP contribution in [0.25, 0.3) is 0 Å². The number of carbonyl (C=O) groups excluding carboxylic acids is 1. The van der Waals surface area contributed by atoms with E-state index in [2.05, 4.69) is 22.0 Å². The van der Waals surface area contributed by atoms with Crippen LogP contribution in [0.1, 0.15) is 45.4 Å². The summed E-state index contributed by atoms with van der Waals surface area (Å²) in [6.45, 7) is 6.29. The maximum atomic E-state index is 12.8. The summed E-state index contributed by atoms with van der Waals surface area (Å²) < 4.78 is 0. The number of fused-ring (bicyclic) bond motifs is 2. The van der Waals surface area contributed by atoms with Crippen molar-refractivity contribution in [3.8, 4) is 0 Å². The quantitative estimate of drug-likeness (QED) is 0.856. The fourth-order valence-electron chi connectivity index (χ4n) is 4.01. The molecule has 1 amide bonds. The van der Waals surface area contributed by atoms with Crippen molar-refractivity contribution in [2.24, 2.45) is 0 Å². The van der Waals surface area contributed by atoms with Gasteiger partial charge in [-0.1, -0.05) is 6.92 Å². The first-order valence-electron chi connectivity index (χ1n) is 8.07. The van der Waals surface area contributed by atoms with Crippen molar-refractivity contribution in [3.63, 3.8) is 0 Å². The summed E-state index contributed by atoms with van der Waals surface area (Å²) in [5.41, 5.74) is 0. The number of carbonyl (C=O) groups is 1. The van der Waals surface area contributed by atoms with Crippen molar-refractivity contribution in [2.75, 3.05) is 26.2 Å². The lowest BCUT2D eigenvalue weighted by Gasteiger charge is -2.31. The molecule has 0 spiro atoms. The standard InChI is InChI=1S/C15H27N3O.2ClH/c1-2-8-17-9-3-4-14(17)15(19)18-10-7-12-5-6-13(11-18)16-12;;/h12-14,16H,2-11H2,1H3;2*1H. The maximum Gasteiger partial charge on any atom is 0.239 e. The molecule has 3 aliphatic heterocycles. The van der Waals surface area contributed by atoms with Gasteiger partial charge in [0, 0.05) is 25.2 Å². The Morgan fingerprint density at radius 1 is 1.10 bits per heavy atom. The zero-order chi connectivity index (χ0) is 13.2. The molecule has 0 aromatic rings. The van der Waals surface area contributed by atoms with Gasteiger partial charge in [-0.15, -0.1) is 24.8 Å². The molecule has 0 saturated carbocycles. The molecule has 3 heterocycles. The smallest absolute Gasteiger partial charge is 0.239 e. The molecule has 0 radical (unpaired) electrons. The summed E-state index contributed by atoms with van der Waals surface area (Å²) in [6.07, 6.45) is 7.10. The summed E-state index contributed by atoms with van der Waals surface area (Å²) in [5.74, 6) is 0.403. The molecule has 3 fully saturated rings. The van der Waals surface area contributed by atoms with E-state index in [1.807, 2.05) is 0 Å². The lowest BCUT2D eigenvalue weighted by atomic mass is 10.1. The fraction of sp³-hybridized carbons (Fsp3) is 0.933. The van der Waals surface area contributed by atoms with E-state index in [0.29, 0.717) is 18.0 Å². The van der Waals surface area contributed by atoms with Gasteiger partial charge >= 0.3 is 0 Å². The molecular weight excluding hydrogens is 309 g/mol. The molecule has 124 valence electrons. The van der Waals surface area contributed by atoms with Gasteiger partial charge < -0.3 is 10.2 Å². The minimum Gasteiger partial charge on any atom is -0.340 e. The average molecular weight is 338 g/mol. The van der Waals surface area contributed by atoms with Crippen molar-refractivity contribution >= 4 is 30.7 Å². The number of halogens is 2. The van der Waals surface area contributed by atoms with Crippen molar-refractivity contribution in [1.29, 1.82) is 0 Å². The largest absolute Gasteiger partial charge is 0.340 e. The van der Waals surface area contributed by atoms with E-state index in [1.54, 1.807) is 0 Å². The second kappa shape index (κ2) is 8.56. The van der Waals surface area contributed by atoms with E-state index in [0.717, 1.165) is 45.4 Å². The lowest BCUT2D eigenvalue weighted by molar-refractivity contribution is -0.136. The molecule has 0 aliphatic carbocycles. The fourth-order valence-corrected chi connectivity index (χ4v) is 4.01.